The molecule has 4 aromatic rings. The number of sulfonamides is 1. The zero-order chi connectivity index (χ0) is 29.5. The van der Waals surface area contributed by atoms with Crippen LogP contribution in [-0.4, -0.2) is 46.0 Å². The Hall–Kier alpha value is -4.54. The number of carbonyl (C=O) groups excluding carboxylic acids is 2. The first-order valence-corrected chi connectivity index (χ1v) is 15.0. The molecule has 0 saturated heterocycles. The molecule has 4 aromatic carbocycles. The second-order valence-corrected chi connectivity index (χ2v) is 11.6. The molecule has 0 radical (unpaired) electrons. The molecule has 216 valence electrons. The van der Waals surface area contributed by atoms with Crippen LogP contribution in [0.2, 0.25) is 5.02 Å². The van der Waals surface area contributed by atoms with Crippen LogP contribution in [0.4, 0.5) is 11.4 Å². The van der Waals surface area contributed by atoms with Crippen molar-refractivity contribution < 1.29 is 27.5 Å². The Morgan fingerprint density at radius 1 is 0.905 bits per heavy atom. The third-order valence-corrected chi connectivity index (χ3v) is 8.16. The normalized spacial score (nSPS) is 14.3. The average molecular weight is 606 g/mol. The van der Waals surface area contributed by atoms with Crippen LogP contribution in [0.25, 0.3) is 0 Å². The van der Waals surface area contributed by atoms with Crippen molar-refractivity contribution >= 4 is 44.8 Å². The minimum Gasteiger partial charge on any atom is -0.484 e. The molecule has 2 amide bonds. The van der Waals surface area contributed by atoms with Crippen molar-refractivity contribution in [2.24, 2.45) is 0 Å². The lowest BCUT2D eigenvalue weighted by atomic mass is 10.1. The number of para-hydroxylation sites is 2. The molecule has 5 rings (SSSR count). The van der Waals surface area contributed by atoms with E-state index in [1.165, 1.54) is 29.2 Å². The molecule has 42 heavy (non-hydrogen) atoms. The Balaban J connectivity index is 1.19. The lowest BCUT2D eigenvalue weighted by Gasteiger charge is -2.34. The number of nitrogens with one attached hydrogen (secondary N) is 2. The first-order chi connectivity index (χ1) is 20.3. The number of fused-ring (bicyclic) bond motifs is 1. The van der Waals surface area contributed by atoms with Crippen LogP contribution in [0, 0.1) is 0 Å². The molecule has 9 nitrogen and oxygen atoms in total. The Kier molecular flexibility index (Phi) is 8.94. The van der Waals surface area contributed by atoms with E-state index in [1.54, 1.807) is 48.5 Å². The molecule has 0 bridgehead atoms. The van der Waals surface area contributed by atoms with Crippen LogP contribution in [0.15, 0.2) is 108 Å². The highest BCUT2D eigenvalue weighted by atomic mass is 35.5. The van der Waals surface area contributed by atoms with Gasteiger partial charge in [0, 0.05) is 17.3 Å². The van der Waals surface area contributed by atoms with Crippen LogP contribution in [0.1, 0.15) is 5.56 Å². The van der Waals surface area contributed by atoms with E-state index in [4.69, 9.17) is 21.1 Å². The predicted molar refractivity (Wildman–Crippen MR) is 161 cm³/mol. The van der Waals surface area contributed by atoms with Gasteiger partial charge in [0.15, 0.2) is 12.7 Å². The van der Waals surface area contributed by atoms with Crippen molar-refractivity contribution in [3.05, 3.63) is 114 Å². The van der Waals surface area contributed by atoms with Gasteiger partial charge in [0.25, 0.3) is 21.8 Å². The fourth-order valence-electron chi connectivity index (χ4n) is 4.37. The van der Waals surface area contributed by atoms with Crippen LogP contribution in [0.5, 0.6) is 11.5 Å². The summed E-state index contributed by atoms with van der Waals surface area (Å²) in [6.07, 6.45) is -0.221. The fourth-order valence-corrected chi connectivity index (χ4v) is 5.55. The van der Waals surface area contributed by atoms with Crippen molar-refractivity contribution in [1.82, 2.24) is 5.32 Å². The Morgan fingerprint density at radius 3 is 2.33 bits per heavy atom. The number of rotatable bonds is 10. The maximum Gasteiger partial charge on any atom is 0.265 e. The summed E-state index contributed by atoms with van der Waals surface area (Å²) < 4.78 is 39.5. The number of hydrogen-bond donors (Lipinski definition) is 2. The summed E-state index contributed by atoms with van der Waals surface area (Å²) >= 11 is 5.86. The van der Waals surface area contributed by atoms with E-state index >= 15 is 0 Å². The summed E-state index contributed by atoms with van der Waals surface area (Å²) in [5.41, 5.74) is 2.01. The molecule has 1 heterocycles. The molecule has 1 aliphatic heterocycles. The second kappa shape index (κ2) is 13.0. The molecule has 1 atom stereocenters. The molecule has 0 spiro atoms. The number of ether oxygens (including phenoxy) is 2. The Labute approximate surface area is 249 Å². The monoisotopic (exact) mass is 605 g/mol. The number of carbonyl (C=O) groups is 2. The summed E-state index contributed by atoms with van der Waals surface area (Å²) in [6.45, 7) is 0.123. The summed E-state index contributed by atoms with van der Waals surface area (Å²) in [5, 5.41) is 3.38. The van der Waals surface area contributed by atoms with Gasteiger partial charge in [-0.15, -0.1) is 0 Å². The maximum atomic E-state index is 13.3. The van der Waals surface area contributed by atoms with Gasteiger partial charge < -0.3 is 19.7 Å². The van der Waals surface area contributed by atoms with E-state index in [2.05, 4.69) is 10.0 Å². The van der Waals surface area contributed by atoms with Crippen LogP contribution >= 0.6 is 11.6 Å². The van der Waals surface area contributed by atoms with E-state index < -0.39 is 16.1 Å². The Bertz CT molecular complexity index is 1650. The molecule has 11 heteroatoms. The summed E-state index contributed by atoms with van der Waals surface area (Å²) in [5.74, 6) is 0.0331. The van der Waals surface area contributed by atoms with Gasteiger partial charge in [0.2, 0.25) is 0 Å². The number of benzene rings is 4. The van der Waals surface area contributed by atoms with Gasteiger partial charge in [-0.25, -0.2) is 8.42 Å². The molecular formula is C31H28ClN3O6S. The lowest BCUT2D eigenvalue weighted by molar-refractivity contribution is -0.128. The number of halogens is 1. The van der Waals surface area contributed by atoms with E-state index in [1.807, 2.05) is 30.3 Å². The summed E-state index contributed by atoms with van der Waals surface area (Å²) in [6, 6.07) is 28.8. The third kappa shape index (κ3) is 7.20. The molecule has 2 N–H and O–H groups in total. The van der Waals surface area contributed by atoms with Crippen LogP contribution < -0.4 is 24.4 Å². The molecule has 0 saturated carbocycles. The van der Waals surface area contributed by atoms with Gasteiger partial charge in [-0.1, -0.05) is 54.1 Å². The lowest BCUT2D eigenvalue weighted by Crippen LogP contribution is -2.52. The van der Waals surface area contributed by atoms with Gasteiger partial charge in [-0.3, -0.25) is 14.3 Å². The smallest absolute Gasteiger partial charge is 0.265 e. The van der Waals surface area contributed by atoms with Gasteiger partial charge in [0.1, 0.15) is 11.5 Å². The number of amides is 2. The molecule has 0 fully saturated rings. The highest BCUT2D eigenvalue weighted by Gasteiger charge is 2.33. The minimum atomic E-state index is -3.84. The zero-order valence-corrected chi connectivity index (χ0v) is 24.0. The summed E-state index contributed by atoms with van der Waals surface area (Å²) in [7, 11) is -3.84. The number of hydrogen-bond acceptors (Lipinski definition) is 6. The standard InChI is InChI=1S/C31H28ClN3O6S/c32-23-10-12-24(13-11-23)34-42(38,39)26-16-14-25(15-17-26)40-21-30(36)35-20-29(41-28-9-5-4-8-27(28)35)31(37)33-19-18-22-6-2-1-3-7-22/h1-17,29,34H,18-21H2,(H,33,37)/t29-/m0/s1. The van der Waals surface area contributed by atoms with Gasteiger partial charge in [-0.2, -0.15) is 0 Å². The first-order valence-electron chi connectivity index (χ1n) is 13.2. The molecule has 0 unspecified atom stereocenters. The van der Waals surface area contributed by atoms with E-state index in [0.717, 1.165) is 5.56 Å². The van der Waals surface area contributed by atoms with E-state index in [9.17, 15) is 18.0 Å². The van der Waals surface area contributed by atoms with Gasteiger partial charge in [0.05, 0.1) is 17.1 Å². The SMILES string of the molecule is O=C(NCCc1ccccc1)[C@@H]1CN(C(=O)COc2ccc(S(=O)(=O)Nc3ccc(Cl)cc3)cc2)c2ccccc2O1. The first kappa shape index (κ1) is 29.0. The summed E-state index contributed by atoms with van der Waals surface area (Å²) in [4.78, 5) is 27.7. The van der Waals surface area contributed by atoms with Crippen molar-refractivity contribution in [1.29, 1.82) is 0 Å². The zero-order valence-electron chi connectivity index (χ0n) is 22.4. The topological polar surface area (TPSA) is 114 Å². The van der Waals surface area contributed by atoms with Gasteiger partial charge >= 0.3 is 0 Å². The molecule has 1 aliphatic rings. The Morgan fingerprint density at radius 2 is 1.60 bits per heavy atom. The second-order valence-electron chi connectivity index (χ2n) is 9.48. The van der Waals surface area contributed by atoms with E-state index in [0.29, 0.717) is 40.9 Å². The largest absolute Gasteiger partial charge is 0.484 e. The highest BCUT2D eigenvalue weighted by Crippen LogP contribution is 2.33. The van der Waals surface area contributed by atoms with Crippen LogP contribution in [-0.2, 0) is 26.0 Å². The fraction of sp³-hybridized carbons (Fsp3) is 0.161. The number of nitrogens with zero attached hydrogens (tertiary/aromatic N) is 1. The third-order valence-electron chi connectivity index (χ3n) is 6.52. The van der Waals surface area contributed by atoms with Crippen molar-refractivity contribution in [3.8, 4) is 11.5 Å². The minimum absolute atomic E-state index is 0.0178. The molecule has 0 aliphatic carbocycles. The van der Waals surface area contributed by atoms with Crippen molar-refractivity contribution in [3.63, 3.8) is 0 Å². The van der Waals surface area contributed by atoms with Crippen LogP contribution in [0.3, 0.4) is 0 Å². The van der Waals surface area contributed by atoms with Crippen molar-refractivity contribution in [2.75, 3.05) is 29.3 Å². The predicted octanol–water partition coefficient (Wildman–Crippen LogP) is 4.67. The average Bonchev–Trinajstić information content (AvgIpc) is 3.01. The van der Waals surface area contributed by atoms with E-state index in [-0.39, 0.29) is 29.9 Å². The van der Waals surface area contributed by atoms with Crippen molar-refractivity contribution in [2.45, 2.75) is 17.4 Å². The molecular weight excluding hydrogens is 578 g/mol. The molecule has 0 aromatic heterocycles. The van der Waals surface area contributed by atoms with Gasteiger partial charge in [-0.05, 0) is 72.6 Å². The number of anilines is 2. The quantitative estimate of drug-likeness (QED) is 0.272. The maximum absolute atomic E-state index is 13.3. The highest BCUT2D eigenvalue weighted by molar-refractivity contribution is 7.92.